The van der Waals surface area contributed by atoms with Crippen LogP contribution in [0.3, 0.4) is 0 Å². The van der Waals surface area contributed by atoms with E-state index in [4.69, 9.17) is 11.6 Å². The first-order chi connectivity index (χ1) is 10.1. The Bertz CT molecular complexity index is 662. The molecular weight excluding hydrogens is 288 g/mol. The average molecular weight is 305 g/mol. The molecule has 5 heteroatoms. The molecule has 0 amide bonds. The van der Waals surface area contributed by atoms with E-state index >= 15 is 0 Å². The van der Waals surface area contributed by atoms with Crippen molar-refractivity contribution in [3.05, 3.63) is 51.8 Å². The van der Waals surface area contributed by atoms with Gasteiger partial charge in [0.2, 0.25) is 0 Å². The molecule has 1 N–H and O–H groups in total. The van der Waals surface area contributed by atoms with Gasteiger partial charge in [-0.05, 0) is 43.4 Å². The van der Waals surface area contributed by atoms with Gasteiger partial charge in [0.15, 0.2) is 5.69 Å². The van der Waals surface area contributed by atoms with E-state index in [1.165, 1.54) is 0 Å². The van der Waals surface area contributed by atoms with E-state index < -0.39 is 5.97 Å². The van der Waals surface area contributed by atoms with Gasteiger partial charge >= 0.3 is 5.97 Å². The summed E-state index contributed by atoms with van der Waals surface area (Å²) in [4.78, 5) is 11.4. The molecule has 0 atom stereocenters. The van der Waals surface area contributed by atoms with Gasteiger partial charge in [0.25, 0.3) is 0 Å². The molecule has 0 saturated heterocycles. The average Bonchev–Trinajstić information content (AvgIpc) is 2.65. The minimum atomic E-state index is -0.928. The van der Waals surface area contributed by atoms with Crippen molar-refractivity contribution in [2.24, 2.45) is 0 Å². The van der Waals surface area contributed by atoms with Crippen LogP contribution >= 0.6 is 11.6 Å². The highest BCUT2D eigenvalue weighted by atomic mass is 35.5. The predicted octanol–water partition coefficient (Wildman–Crippen LogP) is 3.55. The number of carboxylic acid groups (broad SMARTS) is 1. The number of halogens is 1. The number of benzene rings is 1. The van der Waals surface area contributed by atoms with Crippen LogP contribution in [0.15, 0.2) is 24.3 Å². The molecule has 3 rings (SSSR count). The summed E-state index contributed by atoms with van der Waals surface area (Å²) in [5.41, 5.74) is 3.31. The highest BCUT2D eigenvalue weighted by molar-refractivity contribution is 6.30. The summed E-state index contributed by atoms with van der Waals surface area (Å²) in [6.07, 6.45) is 5.01. The van der Waals surface area contributed by atoms with E-state index in [0.717, 1.165) is 48.9 Å². The van der Waals surface area contributed by atoms with Crippen LogP contribution in [0.2, 0.25) is 5.02 Å². The van der Waals surface area contributed by atoms with E-state index in [1.54, 1.807) is 0 Å². The lowest BCUT2D eigenvalue weighted by atomic mass is 10.1. The highest BCUT2D eigenvalue weighted by Crippen LogP contribution is 2.25. The van der Waals surface area contributed by atoms with Gasteiger partial charge in [-0.25, -0.2) is 4.79 Å². The van der Waals surface area contributed by atoms with Crippen LogP contribution < -0.4 is 0 Å². The second kappa shape index (κ2) is 5.90. The largest absolute Gasteiger partial charge is 0.476 e. The Morgan fingerprint density at radius 3 is 2.62 bits per heavy atom. The van der Waals surface area contributed by atoms with E-state index in [9.17, 15) is 9.90 Å². The summed E-state index contributed by atoms with van der Waals surface area (Å²) in [6.45, 7) is 0.590. The Labute approximate surface area is 128 Å². The molecule has 0 unspecified atom stereocenters. The van der Waals surface area contributed by atoms with Crippen LogP contribution in [0.1, 0.15) is 46.6 Å². The molecular formula is C16H17ClN2O2. The third-order valence-corrected chi connectivity index (χ3v) is 4.21. The van der Waals surface area contributed by atoms with Crippen molar-refractivity contribution in [1.82, 2.24) is 9.78 Å². The van der Waals surface area contributed by atoms with Crippen LogP contribution in [-0.2, 0) is 19.4 Å². The van der Waals surface area contributed by atoms with Crippen molar-refractivity contribution >= 4 is 17.6 Å². The topological polar surface area (TPSA) is 55.1 Å². The Hall–Kier alpha value is -1.81. The maximum atomic E-state index is 11.4. The molecule has 0 radical (unpaired) electrons. The number of nitrogens with zero attached hydrogens (tertiary/aromatic N) is 2. The molecule has 1 aromatic carbocycles. The fourth-order valence-corrected chi connectivity index (χ4v) is 3.04. The lowest BCUT2D eigenvalue weighted by Crippen LogP contribution is -2.07. The van der Waals surface area contributed by atoms with Gasteiger partial charge in [-0.2, -0.15) is 5.10 Å². The summed E-state index contributed by atoms with van der Waals surface area (Å²) < 4.78 is 1.85. The monoisotopic (exact) mass is 304 g/mol. The van der Waals surface area contributed by atoms with Crippen LogP contribution in [0, 0.1) is 0 Å². The third-order valence-electron chi connectivity index (χ3n) is 3.96. The molecule has 21 heavy (non-hydrogen) atoms. The quantitative estimate of drug-likeness (QED) is 0.882. The molecule has 110 valence electrons. The number of fused-ring (bicyclic) bond motifs is 1. The van der Waals surface area contributed by atoms with Gasteiger partial charge in [0.05, 0.1) is 6.54 Å². The Morgan fingerprint density at radius 2 is 1.90 bits per heavy atom. The van der Waals surface area contributed by atoms with E-state index in [2.05, 4.69) is 5.10 Å². The molecule has 0 aliphatic heterocycles. The van der Waals surface area contributed by atoms with Gasteiger partial charge < -0.3 is 5.11 Å². The van der Waals surface area contributed by atoms with Crippen LogP contribution in [0.5, 0.6) is 0 Å². The number of rotatable bonds is 3. The van der Waals surface area contributed by atoms with Gasteiger partial charge in [-0.3, -0.25) is 4.68 Å². The first kappa shape index (κ1) is 14.1. The minimum absolute atomic E-state index is 0.223. The summed E-state index contributed by atoms with van der Waals surface area (Å²) in [6, 6.07) is 7.59. The maximum absolute atomic E-state index is 11.4. The zero-order valence-electron chi connectivity index (χ0n) is 11.7. The second-order valence-electron chi connectivity index (χ2n) is 5.42. The highest BCUT2D eigenvalue weighted by Gasteiger charge is 2.23. The SMILES string of the molecule is O=C(O)c1nn(Cc2ccc(Cl)cc2)c2c1CCCCC2. The number of hydrogen-bond acceptors (Lipinski definition) is 2. The molecule has 0 bridgehead atoms. The number of aromatic nitrogens is 2. The molecule has 1 aliphatic carbocycles. The van der Waals surface area contributed by atoms with Gasteiger partial charge in [0, 0.05) is 16.3 Å². The molecule has 0 fully saturated rings. The second-order valence-corrected chi connectivity index (χ2v) is 5.86. The Kier molecular flexibility index (Phi) is 3.97. The molecule has 0 spiro atoms. The van der Waals surface area contributed by atoms with Crippen LogP contribution in [0.25, 0.3) is 0 Å². The molecule has 2 aromatic rings. The number of hydrogen-bond donors (Lipinski definition) is 1. The lowest BCUT2D eigenvalue weighted by molar-refractivity contribution is 0.0688. The summed E-state index contributed by atoms with van der Waals surface area (Å²) in [5, 5.41) is 14.4. The van der Waals surface area contributed by atoms with Crippen molar-refractivity contribution in [2.45, 2.75) is 38.6 Å². The normalized spacial score (nSPS) is 14.5. The fraction of sp³-hybridized carbons (Fsp3) is 0.375. The lowest BCUT2D eigenvalue weighted by Gasteiger charge is -2.07. The van der Waals surface area contributed by atoms with Crippen LogP contribution in [0.4, 0.5) is 0 Å². The van der Waals surface area contributed by atoms with Crippen molar-refractivity contribution in [2.75, 3.05) is 0 Å². The predicted molar refractivity (Wildman–Crippen MR) is 81.0 cm³/mol. The zero-order valence-corrected chi connectivity index (χ0v) is 12.4. The summed E-state index contributed by atoms with van der Waals surface area (Å²) >= 11 is 5.90. The number of aromatic carboxylic acids is 1. The van der Waals surface area contributed by atoms with Crippen LogP contribution in [-0.4, -0.2) is 20.9 Å². The van der Waals surface area contributed by atoms with Crippen molar-refractivity contribution in [3.8, 4) is 0 Å². The zero-order chi connectivity index (χ0) is 14.8. The Balaban J connectivity index is 1.98. The standard InChI is InChI=1S/C16H17ClN2O2/c17-12-8-6-11(7-9-12)10-19-14-5-3-1-2-4-13(14)15(18-19)16(20)21/h6-9H,1-5,10H2,(H,20,21). The first-order valence-corrected chi connectivity index (χ1v) is 7.59. The molecule has 0 saturated carbocycles. The van der Waals surface area contributed by atoms with E-state index in [-0.39, 0.29) is 5.69 Å². The number of carbonyl (C=O) groups is 1. The summed E-state index contributed by atoms with van der Waals surface area (Å²) in [5.74, 6) is -0.928. The van der Waals surface area contributed by atoms with Gasteiger partial charge in [0.1, 0.15) is 0 Å². The van der Waals surface area contributed by atoms with E-state index in [0.29, 0.717) is 11.6 Å². The first-order valence-electron chi connectivity index (χ1n) is 7.21. The van der Waals surface area contributed by atoms with Gasteiger partial charge in [-0.1, -0.05) is 30.2 Å². The molecule has 1 aliphatic rings. The minimum Gasteiger partial charge on any atom is -0.476 e. The molecule has 4 nitrogen and oxygen atoms in total. The number of carboxylic acids is 1. The van der Waals surface area contributed by atoms with Crippen molar-refractivity contribution < 1.29 is 9.90 Å². The van der Waals surface area contributed by atoms with E-state index in [1.807, 2.05) is 28.9 Å². The molecule has 1 aromatic heterocycles. The Morgan fingerprint density at radius 1 is 1.19 bits per heavy atom. The van der Waals surface area contributed by atoms with Crippen molar-refractivity contribution in [3.63, 3.8) is 0 Å². The fourth-order valence-electron chi connectivity index (χ4n) is 2.91. The smallest absolute Gasteiger partial charge is 0.356 e. The van der Waals surface area contributed by atoms with Crippen molar-refractivity contribution in [1.29, 1.82) is 0 Å². The third kappa shape index (κ3) is 2.95. The van der Waals surface area contributed by atoms with Gasteiger partial charge in [-0.15, -0.1) is 0 Å². The maximum Gasteiger partial charge on any atom is 0.356 e. The molecule has 1 heterocycles. The summed E-state index contributed by atoms with van der Waals surface area (Å²) in [7, 11) is 0.